The highest BCUT2D eigenvalue weighted by atomic mass is 32.2. The van der Waals surface area contributed by atoms with Crippen molar-refractivity contribution in [3.8, 4) is 0 Å². The van der Waals surface area contributed by atoms with Gasteiger partial charge in [-0.25, -0.2) is 8.42 Å². The first-order chi connectivity index (χ1) is 14.6. The number of carbonyl (C=O) groups is 2. The maximum absolute atomic E-state index is 12.9. The predicted molar refractivity (Wildman–Crippen MR) is 127 cm³/mol. The van der Waals surface area contributed by atoms with E-state index in [1.807, 2.05) is 13.8 Å². The minimum absolute atomic E-state index is 0.0286. The van der Waals surface area contributed by atoms with E-state index in [4.69, 9.17) is 24.4 Å². The van der Waals surface area contributed by atoms with Crippen LogP contribution in [0, 0.1) is 5.41 Å². The van der Waals surface area contributed by atoms with E-state index in [9.17, 15) is 18.0 Å². The smallest absolute Gasteiger partial charge is 0.264 e. The highest BCUT2D eigenvalue weighted by Gasteiger charge is 2.43. The first-order valence-corrected chi connectivity index (χ1v) is 12.1. The molecule has 0 saturated carbocycles. The Labute approximate surface area is 193 Å². The first kappa shape index (κ1) is 24.9. The Morgan fingerprint density at radius 3 is 2.55 bits per heavy atom. The van der Waals surface area contributed by atoms with E-state index in [1.54, 1.807) is 25.3 Å². The number of hydrogen-bond donors (Lipinski definition) is 4. The summed E-state index contributed by atoms with van der Waals surface area (Å²) in [5, 5.41) is 9.43. The van der Waals surface area contributed by atoms with Crippen molar-refractivity contribution in [3.63, 3.8) is 0 Å². The lowest BCUT2D eigenvalue weighted by molar-refractivity contribution is -0.128. The molecule has 1 aromatic rings. The monoisotopic (exact) mass is 482 g/mol. The Bertz CT molecular complexity index is 1020. The van der Waals surface area contributed by atoms with Gasteiger partial charge in [-0.2, -0.15) is 0 Å². The van der Waals surface area contributed by atoms with Gasteiger partial charge in [-0.05, 0) is 56.1 Å². The summed E-state index contributed by atoms with van der Waals surface area (Å²) in [6.45, 7) is 6.01. The first-order valence-electron chi connectivity index (χ1n) is 9.72. The summed E-state index contributed by atoms with van der Waals surface area (Å²) < 4.78 is 28.2. The number of rotatable bonds is 10. The van der Waals surface area contributed by atoms with Crippen molar-refractivity contribution in [2.24, 2.45) is 5.41 Å². The number of sulfonamides is 1. The fourth-order valence-electron chi connectivity index (χ4n) is 3.64. The highest BCUT2D eigenvalue weighted by molar-refractivity contribution is 7.92. The molecule has 1 heterocycles. The number of benzene rings is 1. The van der Waals surface area contributed by atoms with Crippen molar-refractivity contribution in [2.45, 2.75) is 44.6 Å². The molecule has 0 spiro atoms. The maximum atomic E-state index is 12.9. The van der Waals surface area contributed by atoms with E-state index in [0.717, 1.165) is 5.57 Å². The molecule has 0 saturated heterocycles. The molecule has 1 aromatic carbocycles. The van der Waals surface area contributed by atoms with Crippen LogP contribution in [0.3, 0.4) is 0 Å². The Morgan fingerprint density at radius 2 is 2.03 bits per heavy atom. The number of amides is 2. The van der Waals surface area contributed by atoms with Crippen LogP contribution in [0.15, 0.2) is 34.9 Å². The lowest BCUT2D eigenvalue weighted by atomic mass is 9.73. The molecule has 0 radical (unpaired) electrons. The van der Waals surface area contributed by atoms with Crippen LogP contribution in [0.25, 0.3) is 0 Å². The van der Waals surface area contributed by atoms with Gasteiger partial charge in [0.05, 0.1) is 16.4 Å². The van der Waals surface area contributed by atoms with Crippen molar-refractivity contribution in [3.05, 3.63) is 41.1 Å². The molecule has 2 atom stereocenters. The molecular formula is C20H26N4O4S3. The summed E-state index contributed by atoms with van der Waals surface area (Å²) in [5.74, 6) is -0.147. The van der Waals surface area contributed by atoms with Gasteiger partial charge in [0.2, 0.25) is 12.3 Å². The SMILES string of the molecule is CCNC(=S)NS(=O)(=O)c1cc(C(CC2(CC)C(=O)NC=C2C)NC=O)ccc1C=S. The van der Waals surface area contributed by atoms with Gasteiger partial charge in [0.25, 0.3) is 10.0 Å². The molecule has 0 aliphatic carbocycles. The summed E-state index contributed by atoms with van der Waals surface area (Å²) in [5.41, 5.74) is 0.907. The van der Waals surface area contributed by atoms with Gasteiger partial charge in [0, 0.05) is 23.7 Å². The molecule has 2 unspecified atom stereocenters. The van der Waals surface area contributed by atoms with E-state index in [2.05, 4.69) is 20.7 Å². The van der Waals surface area contributed by atoms with Crippen molar-refractivity contribution < 1.29 is 18.0 Å². The van der Waals surface area contributed by atoms with Crippen LogP contribution in [-0.2, 0) is 19.6 Å². The normalized spacial score (nSPS) is 19.1. The zero-order valence-electron chi connectivity index (χ0n) is 17.5. The third kappa shape index (κ3) is 5.28. The molecular weight excluding hydrogens is 456 g/mol. The van der Waals surface area contributed by atoms with Crippen molar-refractivity contribution in [2.75, 3.05) is 6.54 Å². The molecule has 31 heavy (non-hydrogen) atoms. The van der Waals surface area contributed by atoms with E-state index in [1.165, 1.54) is 11.4 Å². The molecule has 0 aromatic heterocycles. The van der Waals surface area contributed by atoms with Crippen molar-refractivity contribution >= 4 is 57.3 Å². The average Bonchev–Trinajstić information content (AvgIpc) is 3.01. The molecule has 2 amide bonds. The van der Waals surface area contributed by atoms with Gasteiger partial charge in [0.15, 0.2) is 5.11 Å². The number of thiocarbonyl (C=S) groups is 2. The number of carbonyl (C=O) groups excluding carboxylic acids is 2. The van der Waals surface area contributed by atoms with Crippen LogP contribution in [0.2, 0.25) is 0 Å². The zero-order chi connectivity index (χ0) is 23.2. The standard InChI is InChI=1S/C20H26N4O4S3/c1-4-20(13(3)10-22-18(20)26)9-16(23-12-25)14-6-7-15(11-29)17(8-14)31(27,28)24-19(30)21-5-2/h6-8,10-12,16H,4-5,9H2,1-3H3,(H,22,26)(H,23,25)(H2,21,24,30). The minimum atomic E-state index is -4.02. The van der Waals surface area contributed by atoms with Gasteiger partial charge in [-0.1, -0.05) is 31.3 Å². The van der Waals surface area contributed by atoms with Crippen molar-refractivity contribution in [1.29, 1.82) is 0 Å². The van der Waals surface area contributed by atoms with E-state index < -0.39 is 21.5 Å². The predicted octanol–water partition coefficient (Wildman–Crippen LogP) is 1.81. The van der Waals surface area contributed by atoms with Gasteiger partial charge < -0.3 is 16.0 Å². The van der Waals surface area contributed by atoms with E-state index in [0.29, 0.717) is 30.5 Å². The van der Waals surface area contributed by atoms with Crippen LogP contribution in [-0.4, -0.2) is 37.8 Å². The number of hydrogen-bond acceptors (Lipinski definition) is 6. The molecule has 0 bridgehead atoms. The molecule has 2 rings (SSSR count). The lowest BCUT2D eigenvalue weighted by Crippen LogP contribution is -2.39. The Morgan fingerprint density at radius 1 is 1.32 bits per heavy atom. The third-order valence-corrected chi connectivity index (χ3v) is 7.49. The summed E-state index contributed by atoms with van der Waals surface area (Å²) in [6.07, 6.45) is 3.01. The van der Waals surface area contributed by atoms with E-state index in [-0.39, 0.29) is 22.3 Å². The zero-order valence-corrected chi connectivity index (χ0v) is 20.0. The van der Waals surface area contributed by atoms with Gasteiger partial charge in [-0.3, -0.25) is 14.3 Å². The van der Waals surface area contributed by atoms with Crippen LogP contribution >= 0.6 is 24.4 Å². The van der Waals surface area contributed by atoms with Crippen molar-refractivity contribution in [1.82, 2.24) is 20.7 Å². The number of nitrogens with one attached hydrogen (secondary N) is 4. The third-order valence-electron chi connectivity index (χ3n) is 5.46. The molecule has 1 aliphatic rings. The van der Waals surface area contributed by atoms with Gasteiger partial charge in [0.1, 0.15) is 0 Å². The fraction of sp³-hybridized carbons (Fsp3) is 0.400. The van der Waals surface area contributed by atoms with Crippen LogP contribution < -0.4 is 20.7 Å². The van der Waals surface area contributed by atoms with Gasteiger partial charge >= 0.3 is 0 Å². The second kappa shape index (κ2) is 10.3. The van der Waals surface area contributed by atoms with E-state index >= 15 is 0 Å². The molecule has 1 aliphatic heterocycles. The summed E-state index contributed by atoms with van der Waals surface area (Å²) in [7, 11) is -4.02. The lowest BCUT2D eigenvalue weighted by Gasteiger charge is -2.31. The summed E-state index contributed by atoms with van der Waals surface area (Å²) in [6, 6.07) is 4.11. The second-order valence-corrected chi connectivity index (χ2v) is 9.45. The Balaban J connectivity index is 2.50. The van der Waals surface area contributed by atoms with Crippen LogP contribution in [0.1, 0.15) is 50.8 Å². The molecule has 4 N–H and O–H groups in total. The highest BCUT2D eigenvalue weighted by Crippen LogP contribution is 2.42. The van der Waals surface area contributed by atoms with Crippen LogP contribution in [0.5, 0.6) is 0 Å². The summed E-state index contributed by atoms with van der Waals surface area (Å²) >= 11 is 10.00. The second-order valence-electron chi connectivity index (χ2n) is 7.16. The molecule has 0 fully saturated rings. The minimum Gasteiger partial charge on any atom is -0.362 e. The average molecular weight is 483 g/mol. The Hall–Kier alpha value is -2.37. The largest absolute Gasteiger partial charge is 0.362 e. The quantitative estimate of drug-likeness (QED) is 0.297. The molecule has 168 valence electrons. The Kier molecular flexibility index (Phi) is 8.27. The fourth-order valence-corrected chi connectivity index (χ4v) is 5.55. The summed E-state index contributed by atoms with van der Waals surface area (Å²) in [4.78, 5) is 23.9. The maximum Gasteiger partial charge on any atom is 0.264 e. The van der Waals surface area contributed by atoms with Crippen LogP contribution in [0.4, 0.5) is 0 Å². The molecule has 11 heteroatoms. The van der Waals surface area contributed by atoms with Gasteiger partial charge in [-0.15, -0.1) is 0 Å². The topological polar surface area (TPSA) is 116 Å². The molecule has 8 nitrogen and oxygen atoms in total.